The molecule has 0 unspecified atom stereocenters. The standard InChI is InChI=1S/C18H21NO2/c1-4-6-15-10-14(11-17(21-3)18(15)20)12-19-16-8-5-7-13(2)9-16/h4-5,7-11,19-20H,1,6,12H2,2-3H3. The van der Waals surface area contributed by atoms with E-state index in [1.165, 1.54) is 5.56 Å². The van der Waals surface area contributed by atoms with Gasteiger partial charge in [-0.05, 0) is 48.7 Å². The minimum atomic E-state index is 0.191. The van der Waals surface area contributed by atoms with E-state index in [0.29, 0.717) is 18.7 Å². The molecular formula is C18H21NO2. The average molecular weight is 283 g/mol. The SMILES string of the molecule is C=CCc1cc(CNc2cccc(C)c2)cc(OC)c1O. The summed E-state index contributed by atoms with van der Waals surface area (Å²) in [5.41, 5.74) is 4.18. The average Bonchev–Trinajstić information content (AvgIpc) is 2.48. The van der Waals surface area contributed by atoms with Gasteiger partial charge in [0.1, 0.15) is 0 Å². The number of phenols is 1. The van der Waals surface area contributed by atoms with Crippen LogP contribution in [0.5, 0.6) is 11.5 Å². The summed E-state index contributed by atoms with van der Waals surface area (Å²) in [5, 5.41) is 13.5. The van der Waals surface area contributed by atoms with Crippen molar-refractivity contribution in [2.75, 3.05) is 12.4 Å². The normalized spacial score (nSPS) is 10.2. The van der Waals surface area contributed by atoms with Crippen molar-refractivity contribution < 1.29 is 9.84 Å². The Morgan fingerprint density at radius 2 is 2.10 bits per heavy atom. The van der Waals surface area contributed by atoms with Gasteiger partial charge in [-0.2, -0.15) is 0 Å². The number of hydrogen-bond donors (Lipinski definition) is 2. The second-order valence-corrected chi connectivity index (χ2v) is 5.02. The summed E-state index contributed by atoms with van der Waals surface area (Å²) in [6.45, 7) is 6.46. The van der Waals surface area contributed by atoms with Crippen LogP contribution in [-0.4, -0.2) is 12.2 Å². The quantitative estimate of drug-likeness (QED) is 0.786. The van der Waals surface area contributed by atoms with Crippen LogP contribution >= 0.6 is 0 Å². The van der Waals surface area contributed by atoms with Crippen molar-refractivity contribution in [2.24, 2.45) is 0 Å². The summed E-state index contributed by atoms with van der Waals surface area (Å²) < 4.78 is 5.23. The number of aryl methyl sites for hydroxylation is 1. The molecule has 110 valence electrons. The van der Waals surface area contributed by atoms with Crippen LogP contribution in [0, 0.1) is 6.92 Å². The molecule has 0 saturated carbocycles. The maximum atomic E-state index is 10.1. The minimum absolute atomic E-state index is 0.191. The Hall–Kier alpha value is -2.42. The Morgan fingerprint density at radius 3 is 2.76 bits per heavy atom. The lowest BCUT2D eigenvalue weighted by atomic mass is 10.1. The van der Waals surface area contributed by atoms with E-state index in [-0.39, 0.29) is 5.75 Å². The maximum absolute atomic E-state index is 10.1. The van der Waals surface area contributed by atoms with Crippen molar-refractivity contribution in [3.8, 4) is 11.5 Å². The Labute approximate surface area is 125 Å². The van der Waals surface area contributed by atoms with Crippen molar-refractivity contribution in [1.29, 1.82) is 0 Å². The molecule has 0 amide bonds. The Morgan fingerprint density at radius 1 is 1.29 bits per heavy atom. The Kier molecular flexibility index (Phi) is 4.88. The van der Waals surface area contributed by atoms with E-state index in [1.54, 1.807) is 13.2 Å². The van der Waals surface area contributed by atoms with Crippen LogP contribution in [-0.2, 0) is 13.0 Å². The summed E-state index contributed by atoms with van der Waals surface area (Å²) in [4.78, 5) is 0. The molecule has 0 bridgehead atoms. The molecule has 0 spiro atoms. The first-order valence-corrected chi connectivity index (χ1v) is 6.94. The Bertz CT molecular complexity index is 635. The lowest BCUT2D eigenvalue weighted by Gasteiger charge is -2.13. The van der Waals surface area contributed by atoms with Gasteiger partial charge in [-0.3, -0.25) is 0 Å². The summed E-state index contributed by atoms with van der Waals surface area (Å²) in [6, 6.07) is 12.1. The van der Waals surface area contributed by atoms with Gasteiger partial charge in [-0.15, -0.1) is 6.58 Å². The third-order valence-corrected chi connectivity index (χ3v) is 3.31. The number of aromatic hydroxyl groups is 1. The summed E-state index contributed by atoms with van der Waals surface area (Å²) in [5.74, 6) is 0.687. The van der Waals surface area contributed by atoms with Gasteiger partial charge in [0.05, 0.1) is 7.11 Å². The van der Waals surface area contributed by atoms with E-state index >= 15 is 0 Å². The zero-order valence-electron chi connectivity index (χ0n) is 12.5. The number of ether oxygens (including phenoxy) is 1. The highest BCUT2D eigenvalue weighted by Gasteiger charge is 2.09. The summed E-state index contributed by atoms with van der Waals surface area (Å²) >= 11 is 0. The van der Waals surface area contributed by atoms with Crippen molar-refractivity contribution in [2.45, 2.75) is 19.9 Å². The number of anilines is 1. The van der Waals surface area contributed by atoms with E-state index < -0.39 is 0 Å². The van der Waals surface area contributed by atoms with E-state index in [4.69, 9.17) is 4.74 Å². The third kappa shape index (κ3) is 3.78. The fourth-order valence-corrected chi connectivity index (χ4v) is 2.26. The number of nitrogens with one attached hydrogen (secondary N) is 1. The molecule has 0 fully saturated rings. The molecule has 0 radical (unpaired) electrons. The van der Waals surface area contributed by atoms with Gasteiger partial charge in [0.15, 0.2) is 11.5 Å². The second-order valence-electron chi connectivity index (χ2n) is 5.02. The molecular weight excluding hydrogens is 262 g/mol. The number of hydrogen-bond acceptors (Lipinski definition) is 3. The molecule has 2 N–H and O–H groups in total. The van der Waals surface area contributed by atoms with Gasteiger partial charge in [-0.1, -0.05) is 18.2 Å². The lowest BCUT2D eigenvalue weighted by Crippen LogP contribution is -2.01. The van der Waals surface area contributed by atoms with E-state index in [9.17, 15) is 5.11 Å². The third-order valence-electron chi connectivity index (χ3n) is 3.31. The summed E-state index contributed by atoms with van der Waals surface area (Å²) in [6.07, 6.45) is 2.38. The molecule has 21 heavy (non-hydrogen) atoms. The van der Waals surface area contributed by atoms with Gasteiger partial charge < -0.3 is 15.2 Å². The lowest BCUT2D eigenvalue weighted by molar-refractivity contribution is 0.370. The van der Waals surface area contributed by atoms with Gasteiger partial charge >= 0.3 is 0 Å². The number of phenolic OH excluding ortho intramolecular Hbond substituents is 1. The number of allylic oxidation sites excluding steroid dienone is 1. The highest BCUT2D eigenvalue weighted by molar-refractivity contribution is 5.51. The highest BCUT2D eigenvalue weighted by Crippen LogP contribution is 2.32. The largest absolute Gasteiger partial charge is 0.504 e. The van der Waals surface area contributed by atoms with E-state index in [1.807, 2.05) is 24.3 Å². The molecule has 0 aliphatic heterocycles. The molecule has 0 atom stereocenters. The van der Waals surface area contributed by atoms with Crippen LogP contribution in [0.25, 0.3) is 0 Å². The number of methoxy groups -OCH3 is 1. The smallest absolute Gasteiger partial charge is 0.161 e. The van der Waals surface area contributed by atoms with Crippen molar-refractivity contribution in [1.82, 2.24) is 0 Å². The molecule has 0 aromatic heterocycles. The first-order chi connectivity index (χ1) is 10.1. The molecule has 0 aliphatic carbocycles. The van der Waals surface area contributed by atoms with Crippen LogP contribution in [0.3, 0.4) is 0 Å². The molecule has 3 nitrogen and oxygen atoms in total. The van der Waals surface area contributed by atoms with Gasteiger partial charge in [0, 0.05) is 17.8 Å². The molecule has 2 aromatic rings. The topological polar surface area (TPSA) is 41.5 Å². The zero-order chi connectivity index (χ0) is 15.2. The molecule has 2 aromatic carbocycles. The van der Waals surface area contributed by atoms with E-state index in [0.717, 1.165) is 16.8 Å². The summed E-state index contributed by atoms with van der Waals surface area (Å²) in [7, 11) is 1.56. The Balaban J connectivity index is 2.19. The molecule has 2 rings (SSSR count). The van der Waals surface area contributed by atoms with Crippen LogP contribution in [0.4, 0.5) is 5.69 Å². The van der Waals surface area contributed by atoms with Crippen molar-refractivity contribution in [3.05, 3.63) is 65.7 Å². The van der Waals surface area contributed by atoms with Crippen LogP contribution in [0.2, 0.25) is 0 Å². The zero-order valence-corrected chi connectivity index (χ0v) is 12.5. The predicted octanol–water partition coefficient (Wildman–Crippen LogP) is 4.05. The first-order valence-electron chi connectivity index (χ1n) is 6.94. The number of benzene rings is 2. The molecule has 0 saturated heterocycles. The van der Waals surface area contributed by atoms with Crippen LogP contribution < -0.4 is 10.1 Å². The molecule has 0 heterocycles. The monoisotopic (exact) mass is 283 g/mol. The number of rotatable bonds is 6. The second kappa shape index (κ2) is 6.84. The predicted molar refractivity (Wildman–Crippen MR) is 87.1 cm³/mol. The van der Waals surface area contributed by atoms with E-state index in [2.05, 4.69) is 31.0 Å². The highest BCUT2D eigenvalue weighted by atomic mass is 16.5. The van der Waals surface area contributed by atoms with Crippen LogP contribution in [0.15, 0.2) is 49.1 Å². The fraction of sp³-hybridized carbons (Fsp3) is 0.222. The minimum Gasteiger partial charge on any atom is -0.504 e. The van der Waals surface area contributed by atoms with Gasteiger partial charge in [0.2, 0.25) is 0 Å². The van der Waals surface area contributed by atoms with Gasteiger partial charge in [0.25, 0.3) is 0 Å². The maximum Gasteiger partial charge on any atom is 0.161 e. The fourth-order valence-electron chi connectivity index (χ4n) is 2.26. The molecule has 0 aliphatic rings. The molecule has 3 heteroatoms. The first kappa shape index (κ1) is 15.0. The van der Waals surface area contributed by atoms with Crippen LogP contribution in [0.1, 0.15) is 16.7 Å². The van der Waals surface area contributed by atoms with Crippen molar-refractivity contribution in [3.63, 3.8) is 0 Å². The van der Waals surface area contributed by atoms with Crippen molar-refractivity contribution >= 4 is 5.69 Å². The van der Waals surface area contributed by atoms with Gasteiger partial charge in [-0.25, -0.2) is 0 Å².